The highest BCUT2D eigenvalue weighted by molar-refractivity contribution is 9.10. The molecule has 0 aliphatic carbocycles. The second kappa shape index (κ2) is 7.05. The van der Waals surface area contributed by atoms with Crippen molar-refractivity contribution < 1.29 is 4.79 Å². The van der Waals surface area contributed by atoms with E-state index in [1.807, 2.05) is 36.4 Å². The number of amides is 2. The summed E-state index contributed by atoms with van der Waals surface area (Å²) in [6.45, 7) is 0.653. The van der Waals surface area contributed by atoms with Gasteiger partial charge in [0.05, 0.1) is 5.69 Å². The normalized spacial score (nSPS) is 10.1. The van der Waals surface area contributed by atoms with Gasteiger partial charge in [0.2, 0.25) is 0 Å². The molecule has 1 aromatic heterocycles. The smallest absolute Gasteiger partial charge is 0.321 e. The maximum Gasteiger partial charge on any atom is 0.321 e. The summed E-state index contributed by atoms with van der Waals surface area (Å²) in [4.78, 5) is 17.7. The van der Waals surface area contributed by atoms with Crippen LogP contribution in [0.5, 0.6) is 0 Å². The Labute approximate surface area is 127 Å². The van der Waals surface area contributed by atoms with Crippen molar-refractivity contribution in [1.82, 2.24) is 9.88 Å². The van der Waals surface area contributed by atoms with Gasteiger partial charge in [-0.05, 0) is 52.2 Å². The number of nitrogens with one attached hydrogen (secondary N) is 1. The zero-order valence-corrected chi connectivity index (χ0v) is 12.8. The number of pyridine rings is 1. The molecule has 5 heteroatoms. The molecule has 104 valence electrons. The molecule has 0 fully saturated rings. The molecule has 0 aliphatic heterocycles. The van der Waals surface area contributed by atoms with E-state index in [0.717, 1.165) is 16.6 Å². The highest BCUT2D eigenvalue weighted by atomic mass is 79.9. The molecule has 1 heterocycles. The predicted molar refractivity (Wildman–Crippen MR) is 83.7 cm³/mol. The fourth-order valence-corrected chi connectivity index (χ4v) is 2.10. The summed E-state index contributed by atoms with van der Waals surface area (Å²) in [6.07, 6.45) is 4.33. The Balaban J connectivity index is 1.88. The number of para-hydroxylation sites is 1. The fraction of sp³-hybridized carbons (Fsp3) is 0.200. The van der Waals surface area contributed by atoms with Gasteiger partial charge < -0.3 is 10.2 Å². The highest BCUT2D eigenvalue weighted by Gasteiger charge is 2.10. The van der Waals surface area contributed by atoms with E-state index < -0.39 is 0 Å². The molecule has 4 nitrogen and oxygen atoms in total. The summed E-state index contributed by atoms with van der Waals surface area (Å²) in [7, 11) is 1.79. The van der Waals surface area contributed by atoms with Gasteiger partial charge in [0, 0.05) is 30.5 Å². The average molecular weight is 334 g/mol. The third kappa shape index (κ3) is 4.06. The van der Waals surface area contributed by atoms with Crippen molar-refractivity contribution in [2.75, 3.05) is 18.9 Å². The van der Waals surface area contributed by atoms with Crippen molar-refractivity contribution in [3.8, 4) is 0 Å². The maximum absolute atomic E-state index is 12.1. The monoisotopic (exact) mass is 333 g/mol. The Hall–Kier alpha value is -1.88. The molecule has 0 unspecified atom stereocenters. The SMILES string of the molecule is CN(CCc1ccncc1)C(=O)Nc1ccccc1Br. The fourth-order valence-electron chi connectivity index (χ4n) is 1.72. The lowest BCUT2D eigenvalue weighted by atomic mass is 10.2. The Morgan fingerprint density at radius 3 is 2.65 bits per heavy atom. The van der Waals surface area contributed by atoms with E-state index in [1.54, 1.807) is 24.3 Å². The molecule has 0 radical (unpaired) electrons. The van der Waals surface area contributed by atoms with Crippen LogP contribution in [0.25, 0.3) is 0 Å². The van der Waals surface area contributed by atoms with Crippen LogP contribution in [0.3, 0.4) is 0 Å². The van der Waals surface area contributed by atoms with Crippen LogP contribution in [0.2, 0.25) is 0 Å². The number of benzene rings is 1. The lowest BCUT2D eigenvalue weighted by Crippen LogP contribution is -2.33. The molecule has 2 amide bonds. The molecule has 0 aliphatic rings. The van der Waals surface area contributed by atoms with Gasteiger partial charge in [-0.15, -0.1) is 0 Å². The van der Waals surface area contributed by atoms with Crippen LogP contribution in [0.4, 0.5) is 10.5 Å². The second-order valence-electron chi connectivity index (χ2n) is 4.44. The van der Waals surface area contributed by atoms with E-state index in [2.05, 4.69) is 26.2 Å². The second-order valence-corrected chi connectivity index (χ2v) is 5.29. The van der Waals surface area contributed by atoms with E-state index in [-0.39, 0.29) is 6.03 Å². The summed E-state index contributed by atoms with van der Waals surface area (Å²) in [5.74, 6) is 0. The number of carbonyl (C=O) groups excluding carboxylic acids is 1. The van der Waals surface area contributed by atoms with Gasteiger partial charge in [-0.3, -0.25) is 4.98 Å². The maximum atomic E-state index is 12.1. The number of aromatic nitrogens is 1. The number of hydrogen-bond donors (Lipinski definition) is 1. The van der Waals surface area contributed by atoms with Crippen molar-refractivity contribution >= 4 is 27.6 Å². The van der Waals surface area contributed by atoms with Crippen LogP contribution >= 0.6 is 15.9 Å². The Morgan fingerprint density at radius 1 is 1.25 bits per heavy atom. The summed E-state index contributed by atoms with van der Waals surface area (Å²) in [6, 6.07) is 11.3. The van der Waals surface area contributed by atoms with Gasteiger partial charge in [-0.1, -0.05) is 12.1 Å². The van der Waals surface area contributed by atoms with Gasteiger partial charge in [-0.2, -0.15) is 0 Å². The van der Waals surface area contributed by atoms with Crippen LogP contribution in [0, 0.1) is 0 Å². The Morgan fingerprint density at radius 2 is 1.95 bits per heavy atom. The number of likely N-dealkylation sites (N-methyl/N-ethyl adjacent to an activating group) is 1. The average Bonchev–Trinajstić information content (AvgIpc) is 2.48. The standard InChI is InChI=1S/C15H16BrN3O/c1-19(11-8-12-6-9-17-10-7-12)15(20)18-14-5-3-2-4-13(14)16/h2-7,9-10H,8,11H2,1H3,(H,18,20). The van der Waals surface area contributed by atoms with Crippen LogP contribution < -0.4 is 5.32 Å². The van der Waals surface area contributed by atoms with Crippen molar-refractivity contribution in [3.05, 3.63) is 58.8 Å². The van der Waals surface area contributed by atoms with E-state index >= 15 is 0 Å². The van der Waals surface area contributed by atoms with Crippen molar-refractivity contribution in [2.45, 2.75) is 6.42 Å². The zero-order chi connectivity index (χ0) is 14.4. The molecule has 0 bridgehead atoms. The van der Waals surface area contributed by atoms with E-state index in [0.29, 0.717) is 6.54 Å². The third-order valence-corrected chi connectivity index (χ3v) is 3.64. The molecule has 1 aromatic carbocycles. The lowest BCUT2D eigenvalue weighted by Gasteiger charge is -2.18. The first-order chi connectivity index (χ1) is 9.66. The molecular formula is C15H16BrN3O. The van der Waals surface area contributed by atoms with Gasteiger partial charge in [0.1, 0.15) is 0 Å². The number of hydrogen-bond acceptors (Lipinski definition) is 2. The largest absolute Gasteiger partial charge is 0.327 e. The molecule has 0 saturated carbocycles. The molecule has 1 N–H and O–H groups in total. The first kappa shape index (κ1) is 14.5. The predicted octanol–water partition coefficient (Wildman–Crippen LogP) is 3.55. The molecule has 0 spiro atoms. The Kier molecular flexibility index (Phi) is 5.12. The summed E-state index contributed by atoms with van der Waals surface area (Å²) >= 11 is 3.41. The minimum Gasteiger partial charge on any atom is -0.327 e. The first-order valence-corrected chi connectivity index (χ1v) is 7.11. The molecule has 2 rings (SSSR count). The minimum absolute atomic E-state index is 0.119. The van der Waals surface area contributed by atoms with Crippen molar-refractivity contribution in [1.29, 1.82) is 0 Å². The Bertz CT molecular complexity index is 574. The highest BCUT2D eigenvalue weighted by Crippen LogP contribution is 2.21. The van der Waals surface area contributed by atoms with Crippen LogP contribution in [0.15, 0.2) is 53.3 Å². The number of anilines is 1. The van der Waals surface area contributed by atoms with E-state index in [1.165, 1.54) is 5.56 Å². The lowest BCUT2D eigenvalue weighted by molar-refractivity contribution is 0.223. The minimum atomic E-state index is -0.119. The van der Waals surface area contributed by atoms with Crippen molar-refractivity contribution in [2.24, 2.45) is 0 Å². The third-order valence-electron chi connectivity index (χ3n) is 2.95. The number of carbonyl (C=O) groups is 1. The molecule has 0 atom stereocenters. The summed E-state index contributed by atoms with van der Waals surface area (Å²) in [5.41, 5.74) is 1.94. The number of urea groups is 1. The summed E-state index contributed by atoms with van der Waals surface area (Å²) < 4.78 is 0.871. The first-order valence-electron chi connectivity index (χ1n) is 6.32. The van der Waals surface area contributed by atoms with Crippen molar-refractivity contribution in [3.63, 3.8) is 0 Å². The topological polar surface area (TPSA) is 45.2 Å². The molecule has 2 aromatic rings. The molecule has 20 heavy (non-hydrogen) atoms. The van der Waals surface area contributed by atoms with Gasteiger partial charge in [-0.25, -0.2) is 4.79 Å². The van der Waals surface area contributed by atoms with E-state index in [4.69, 9.17) is 0 Å². The van der Waals surface area contributed by atoms with Gasteiger partial charge >= 0.3 is 6.03 Å². The number of rotatable bonds is 4. The number of halogens is 1. The van der Waals surface area contributed by atoms with Gasteiger partial charge in [0.15, 0.2) is 0 Å². The summed E-state index contributed by atoms with van der Waals surface area (Å²) in [5, 5.41) is 2.87. The van der Waals surface area contributed by atoms with Crippen LogP contribution in [0.1, 0.15) is 5.56 Å². The van der Waals surface area contributed by atoms with Crippen LogP contribution in [-0.4, -0.2) is 29.5 Å². The molecule has 0 saturated heterocycles. The van der Waals surface area contributed by atoms with Crippen LogP contribution in [-0.2, 0) is 6.42 Å². The number of nitrogens with zero attached hydrogens (tertiary/aromatic N) is 2. The molecular weight excluding hydrogens is 318 g/mol. The van der Waals surface area contributed by atoms with E-state index in [9.17, 15) is 4.79 Å². The zero-order valence-electron chi connectivity index (χ0n) is 11.2. The quantitative estimate of drug-likeness (QED) is 0.929. The van der Waals surface area contributed by atoms with Gasteiger partial charge in [0.25, 0.3) is 0 Å².